The van der Waals surface area contributed by atoms with Gasteiger partial charge in [-0.05, 0) is 6.42 Å². The fourth-order valence-electron chi connectivity index (χ4n) is 3.17. The summed E-state index contributed by atoms with van der Waals surface area (Å²) in [6, 6.07) is 0.197. The third-order valence-corrected chi connectivity index (χ3v) is 4.65. The summed E-state index contributed by atoms with van der Waals surface area (Å²) >= 11 is 0. The van der Waals surface area contributed by atoms with Crippen molar-refractivity contribution in [1.82, 2.24) is 29.5 Å². The van der Waals surface area contributed by atoms with Gasteiger partial charge >= 0.3 is 0 Å². The zero-order valence-corrected chi connectivity index (χ0v) is 15.1. The first-order valence-electron chi connectivity index (χ1n) is 8.79. The first kappa shape index (κ1) is 17.6. The number of carbonyl (C=O) groups is 1. The summed E-state index contributed by atoms with van der Waals surface area (Å²) in [5.74, 6) is 1.83. The van der Waals surface area contributed by atoms with E-state index in [1.165, 1.54) is 0 Å². The summed E-state index contributed by atoms with van der Waals surface area (Å²) < 4.78 is 7.60. The second-order valence-corrected chi connectivity index (χ2v) is 6.86. The summed E-state index contributed by atoms with van der Waals surface area (Å²) in [5.41, 5.74) is 0. The summed E-state index contributed by atoms with van der Waals surface area (Å²) in [4.78, 5) is 24.7. The summed E-state index contributed by atoms with van der Waals surface area (Å²) in [6.07, 6.45) is 6.00. The maximum absolute atomic E-state index is 12.1. The van der Waals surface area contributed by atoms with Crippen LogP contribution in [0.25, 0.3) is 0 Å². The Hall–Kier alpha value is -2.22. The number of carbonyl (C=O) groups excluding carboxylic acids is 1. The molecule has 0 unspecified atom stereocenters. The Labute approximate surface area is 147 Å². The monoisotopic (exact) mass is 346 g/mol. The van der Waals surface area contributed by atoms with Gasteiger partial charge in [0.05, 0.1) is 19.3 Å². The van der Waals surface area contributed by atoms with Gasteiger partial charge in [0.25, 0.3) is 0 Å². The molecule has 0 bridgehead atoms. The van der Waals surface area contributed by atoms with Crippen molar-refractivity contribution in [3.8, 4) is 0 Å². The predicted molar refractivity (Wildman–Crippen MR) is 91.7 cm³/mol. The lowest BCUT2D eigenvalue weighted by molar-refractivity contribution is -0.132. The highest BCUT2D eigenvalue weighted by Gasteiger charge is 2.30. The molecule has 8 heteroatoms. The molecule has 3 rings (SSSR count). The van der Waals surface area contributed by atoms with Gasteiger partial charge < -0.3 is 9.32 Å². The van der Waals surface area contributed by atoms with Crippen molar-refractivity contribution in [1.29, 1.82) is 0 Å². The zero-order valence-electron chi connectivity index (χ0n) is 15.1. The Morgan fingerprint density at radius 1 is 1.44 bits per heavy atom. The zero-order chi connectivity index (χ0) is 17.8. The molecule has 8 nitrogen and oxygen atoms in total. The topological polar surface area (TPSA) is 80.3 Å². The molecule has 2 aromatic rings. The molecule has 1 atom stereocenters. The molecule has 0 radical (unpaired) electrons. The standard InChI is InChI=1S/C17H26N6O2/c1-13(2)16-8-19-17(25-16)10-23(14(3)24)15-4-5-21(9-15)6-7-22-12-18-11-20-22/h8,11-13,15H,4-7,9-10H2,1-3H3/t15-/m1/s1. The van der Waals surface area contributed by atoms with E-state index in [4.69, 9.17) is 4.42 Å². The molecule has 25 heavy (non-hydrogen) atoms. The minimum atomic E-state index is 0.0624. The molecule has 1 amide bonds. The molecule has 1 fully saturated rings. The lowest BCUT2D eigenvalue weighted by Crippen LogP contribution is -2.40. The van der Waals surface area contributed by atoms with Crippen molar-refractivity contribution in [2.45, 2.75) is 52.2 Å². The number of hydrogen-bond acceptors (Lipinski definition) is 6. The Bertz CT molecular complexity index is 681. The Balaban J connectivity index is 1.56. The third-order valence-electron chi connectivity index (χ3n) is 4.65. The van der Waals surface area contributed by atoms with Crippen LogP contribution in [-0.2, 0) is 17.9 Å². The number of likely N-dealkylation sites (tertiary alicyclic amines) is 1. The fourth-order valence-corrected chi connectivity index (χ4v) is 3.17. The van der Waals surface area contributed by atoms with Gasteiger partial charge in [-0.2, -0.15) is 5.10 Å². The number of hydrogen-bond donors (Lipinski definition) is 0. The summed E-state index contributed by atoms with van der Waals surface area (Å²) in [6.45, 7) is 9.74. The van der Waals surface area contributed by atoms with Gasteiger partial charge in [0.15, 0.2) is 0 Å². The van der Waals surface area contributed by atoms with Crippen LogP contribution >= 0.6 is 0 Å². The highest BCUT2D eigenvalue weighted by molar-refractivity contribution is 5.73. The molecule has 1 aliphatic heterocycles. The van der Waals surface area contributed by atoms with E-state index < -0.39 is 0 Å². The van der Waals surface area contributed by atoms with Gasteiger partial charge in [0.1, 0.15) is 18.4 Å². The highest BCUT2D eigenvalue weighted by atomic mass is 16.4. The second-order valence-electron chi connectivity index (χ2n) is 6.86. The molecule has 0 aromatic carbocycles. The molecular formula is C17H26N6O2. The molecule has 0 N–H and O–H groups in total. The first-order valence-corrected chi connectivity index (χ1v) is 8.79. The number of nitrogens with zero attached hydrogens (tertiary/aromatic N) is 6. The van der Waals surface area contributed by atoms with Crippen LogP contribution in [0.15, 0.2) is 23.3 Å². The molecular weight excluding hydrogens is 320 g/mol. The van der Waals surface area contributed by atoms with Crippen LogP contribution in [0.4, 0.5) is 0 Å². The Morgan fingerprint density at radius 3 is 2.92 bits per heavy atom. The molecule has 0 spiro atoms. The van der Waals surface area contributed by atoms with Crippen molar-refractivity contribution in [2.75, 3.05) is 19.6 Å². The van der Waals surface area contributed by atoms with Crippen LogP contribution in [0.5, 0.6) is 0 Å². The van der Waals surface area contributed by atoms with E-state index in [1.54, 1.807) is 25.8 Å². The number of rotatable bonds is 7. The highest BCUT2D eigenvalue weighted by Crippen LogP contribution is 2.20. The van der Waals surface area contributed by atoms with Crippen molar-refractivity contribution < 1.29 is 9.21 Å². The van der Waals surface area contributed by atoms with Crippen molar-refractivity contribution in [2.24, 2.45) is 0 Å². The molecule has 1 aliphatic rings. The minimum absolute atomic E-state index is 0.0624. The molecule has 0 aliphatic carbocycles. The van der Waals surface area contributed by atoms with Gasteiger partial charge in [-0.1, -0.05) is 13.8 Å². The van der Waals surface area contributed by atoms with Crippen LogP contribution in [0, 0.1) is 0 Å². The number of amides is 1. The lowest BCUT2D eigenvalue weighted by Gasteiger charge is -2.27. The van der Waals surface area contributed by atoms with E-state index in [9.17, 15) is 4.79 Å². The molecule has 3 heterocycles. The molecule has 2 aromatic heterocycles. The predicted octanol–water partition coefficient (Wildman–Crippen LogP) is 1.51. The van der Waals surface area contributed by atoms with Crippen molar-refractivity contribution in [3.63, 3.8) is 0 Å². The second kappa shape index (κ2) is 7.77. The minimum Gasteiger partial charge on any atom is -0.444 e. The Kier molecular flexibility index (Phi) is 5.47. The van der Waals surface area contributed by atoms with Crippen LogP contribution in [0.2, 0.25) is 0 Å². The Morgan fingerprint density at radius 2 is 2.28 bits per heavy atom. The van der Waals surface area contributed by atoms with Crippen LogP contribution in [-0.4, -0.2) is 61.1 Å². The maximum Gasteiger partial charge on any atom is 0.220 e. The number of oxazole rings is 1. The van der Waals surface area contributed by atoms with Crippen LogP contribution in [0.1, 0.15) is 44.8 Å². The van der Waals surface area contributed by atoms with E-state index in [0.717, 1.165) is 38.4 Å². The van der Waals surface area contributed by atoms with Gasteiger partial charge in [-0.3, -0.25) is 14.4 Å². The average Bonchev–Trinajstić information content (AvgIpc) is 3.31. The average molecular weight is 346 g/mol. The van der Waals surface area contributed by atoms with E-state index >= 15 is 0 Å². The van der Waals surface area contributed by atoms with Gasteiger partial charge in [0.2, 0.25) is 11.8 Å². The molecule has 0 saturated carbocycles. The van der Waals surface area contributed by atoms with Gasteiger partial charge in [-0.25, -0.2) is 9.97 Å². The largest absolute Gasteiger partial charge is 0.444 e. The fraction of sp³-hybridized carbons (Fsp3) is 0.647. The van der Waals surface area contributed by atoms with Gasteiger partial charge in [0, 0.05) is 38.5 Å². The first-order chi connectivity index (χ1) is 12.0. The number of aromatic nitrogens is 4. The van der Waals surface area contributed by atoms with E-state index in [1.807, 2.05) is 9.58 Å². The summed E-state index contributed by atoms with van der Waals surface area (Å²) in [7, 11) is 0. The van der Waals surface area contributed by atoms with Gasteiger partial charge in [-0.15, -0.1) is 0 Å². The van der Waals surface area contributed by atoms with E-state index in [2.05, 4.69) is 33.8 Å². The third kappa shape index (κ3) is 4.45. The van der Waals surface area contributed by atoms with Crippen LogP contribution < -0.4 is 0 Å². The SMILES string of the molecule is CC(=O)N(Cc1ncc(C(C)C)o1)[C@@H]1CCN(CCn2cncn2)C1. The maximum atomic E-state index is 12.1. The van der Waals surface area contributed by atoms with E-state index in [-0.39, 0.29) is 11.9 Å². The van der Waals surface area contributed by atoms with Crippen LogP contribution in [0.3, 0.4) is 0 Å². The lowest BCUT2D eigenvalue weighted by atomic mass is 10.2. The normalized spacial score (nSPS) is 18.2. The summed E-state index contributed by atoms with van der Waals surface area (Å²) in [5, 5.41) is 4.13. The van der Waals surface area contributed by atoms with Crippen molar-refractivity contribution in [3.05, 3.63) is 30.5 Å². The van der Waals surface area contributed by atoms with Crippen molar-refractivity contribution >= 4 is 5.91 Å². The molecule has 1 saturated heterocycles. The molecule has 136 valence electrons. The quantitative estimate of drug-likeness (QED) is 0.756. The smallest absolute Gasteiger partial charge is 0.220 e. The van der Waals surface area contributed by atoms with E-state index in [0.29, 0.717) is 18.4 Å².